The molecule has 1 saturated heterocycles. The number of anilines is 1. The summed E-state index contributed by atoms with van der Waals surface area (Å²) in [6.45, 7) is 17.1. The van der Waals surface area contributed by atoms with Gasteiger partial charge in [-0.05, 0) is 30.2 Å². The molecule has 1 aromatic carbocycles. The SMILES string of the molecule is C=CC=C.C=CCC1CCN(C(C)c2ccc(-c3ccc(N)nc3)cc2)C(=O)O1.CC. The highest BCUT2D eigenvalue weighted by atomic mass is 16.6. The van der Waals surface area contributed by atoms with Crippen LogP contribution in [0.25, 0.3) is 11.1 Å². The average molecular weight is 422 g/mol. The Kier molecular flexibility index (Phi) is 11.4. The van der Waals surface area contributed by atoms with Crippen LogP contribution in [0.1, 0.15) is 45.2 Å². The number of carbonyl (C=O) groups is 1. The van der Waals surface area contributed by atoms with Gasteiger partial charge in [-0.2, -0.15) is 0 Å². The summed E-state index contributed by atoms with van der Waals surface area (Å²) in [6, 6.07) is 11.9. The van der Waals surface area contributed by atoms with Crippen molar-refractivity contribution >= 4 is 11.9 Å². The Balaban J connectivity index is 0.000000720. The van der Waals surface area contributed by atoms with Crippen LogP contribution in [0.3, 0.4) is 0 Å². The number of nitrogen functional groups attached to an aromatic ring is 1. The largest absolute Gasteiger partial charge is 0.446 e. The van der Waals surface area contributed by atoms with Crippen LogP contribution in [0.2, 0.25) is 0 Å². The van der Waals surface area contributed by atoms with Gasteiger partial charge in [0.15, 0.2) is 0 Å². The molecule has 2 aromatic rings. The quantitative estimate of drug-likeness (QED) is 0.423. The third-order valence-corrected chi connectivity index (χ3v) is 4.77. The van der Waals surface area contributed by atoms with Crippen LogP contribution in [0.5, 0.6) is 0 Å². The van der Waals surface area contributed by atoms with Crippen LogP contribution in [0.15, 0.2) is 80.6 Å². The lowest BCUT2D eigenvalue weighted by molar-refractivity contribution is 0.0146. The van der Waals surface area contributed by atoms with E-state index in [1.165, 1.54) is 0 Å². The molecule has 0 bridgehead atoms. The molecule has 1 amide bonds. The van der Waals surface area contributed by atoms with Gasteiger partial charge < -0.3 is 15.4 Å². The highest BCUT2D eigenvalue weighted by molar-refractivity contribution is 5.69. The number of allylic oxidation sites excluding steroid dienone is 2. The van der Waals surface area contributed by atoms with Gasteiger partial charge in [-0.15, -0.1) is 6.58 Å². The number of nitrogens with two attached hydrogens (primary N) is 1. The molecule has 3 rings (SSSR count). The monoisotopic (exact) mass is 421 g/mol. The molecule has 0 saturated carbocycles. The van der Waals surface area contributed by atoms with E-state index in [-0.39, 0.29) is 18.2 Å². The number of rotatable bonds is 6. The van der Waals surface area contributed by atoms with E-state index < -0.39 is 0 Å². The molecule has 31 heavy (non-hydrogen) atoms. The Morgan fingerprint density at radius 2 is 1.74 bits per heavy atom. The van der Waals surface area contributed by atoms with E-state index in [9.17, 15) is 4.79 Å². The minimum Gasteiger partial charge on any atom is -0.446 e. The molecule has 166 valence electrons. The Morgan fingerprint density at radius 1 is 1.13 bits per heavy atom. The first-order valence-corrected chi connectivity index (χ1v) is 10.6. The van der Waals surface area contributed by atoms with Gasteiger partial charge in [0.25, 0.3) is 0 Å². The maximum atomic E-state index is 12.3. The summed E-state index contributed by atoms with van der Waals surface area (Å²) in [6.07, 6.45) is 8.07. The predicted octanol–water partition coefficient (Wildman–Crippen LogP) is 6.56. The topological polar surface area (TPSA) is 68.5 Å². The van der Waals surface area contributed by atoms with Crippen LogP contribution in [-0.4, -0.2) is 28.6 Å². The number of nitrogens with zero attached hydrogens (tertiary/aromatic N) is 2. The number of aromatic nitrogens is 1. The van der Waals surface area contributed by atoms with Gasteiger partial charge in [0.2, 0.25) is 0 Å². The van der Waals surface area contributed by atoms with E-state index in [2.05, 4.69) is 24.7 Å². The van der Waals surface area contributed by atoms with Crippen LogP contribution < -0.4 is 5.73 Å². The van der Waals surface area contributed by atoms with Gasteiger partial charge >= 0.3 is 6.09 Å². The van der Waals surface area contributed by atoms with E-state index in [1.54, 1.807) is 35.4 Å². The Hall–Kier alpha value is -3.34. The third-order valence-electron chi connectivity index (χ3n) is 4.77. The third kappa shape index (κ3) is 7.78. The number of benzene rings is 1. The predicted molar refractivity (Wildman–Crippen MR) is 131 cm³/mol. The van der Waals surface area contributed by atoms with Crippen molar-refractivity contribution in [3.05, 3.63) is 86.1 Å². The highest BCUT2D eigenvalue weighted by Crippen LogP contribution is 2.28. The number of hydrogen-bond donors (Lipinski definition) is 1. The molecule has 2 heterocycles. The van der Waals surface area contributed by atoms with Crippen molar-refractivity contribution in [2.24, 2.45) is 0 Å². The van der Waals surface area contributed by atoms with Crippen LogP contribution in [-0.2, 0) is 4.74 Å². The second-order valence-corrected chi connectivity index (χ2v) is 6.75. The second kappa shape index (κ2) is 13.8. The standard InChI is InChI=1S/C20H23N3O2.C4H6.C2H6/c1-3-4-18-11-12-23(20(24)25-18)14(2)15-5-7-16(8-6-15)17-9-10-19(21)22-13-17;1-3-4-2;1-2/h3,5-10,13-14,18H,1,4,11-12H2,2H3,(H2,21,22);3-4H,1-2H2;1-2H3. The van der Waals surface area contributed by atoms with E-state index in [0.717, 1.165) is 23.1 Å². The van der Waals surface area contributed by atoms with Gasteiger partial charge in [0.05, 0.1) is 6.04 Å². The molecule has 5 nitrogen and oxygen atoms in total. The molecule has 2 atom stereocenters. The van der Waals surface area contributed by atoms with Crippen LogP contribution in [0, 0.1) is 0 Å². The van der Waals surface area contributed by atoms with Crippen LogP contribution >= 0.6 is 0 Å². The normalized spacial score (nSPS) is 15.8. The van der Waals surface area contributed by atoms with E-state index in [0.29, 0.717) is 18.8 Å². The summed E-state index contributed by atoms with van der Waals surface area (Å²) in [7, 11) is 0. The van der Waals surface area contributed by atoms with Crippen molar-refractivity contribution < 1.29 is 9.53 Å². The lowest BCUT2D eigenvalue weighted by Crippen LogP contribution is -2.43. The molecule has 0 spiro atoms. The van der Waals surface area contributed by atoms with Gasteiger partial charge in [-0.1, -0.05) is 69.5 Å². The zero-order valence-electron chi connectivity index (χ0n) is 19.0. The summed E-state index contributed by atoms with van der Waals surface area (Å²) in [5.41, 5.74) is 8.78. The number of amides is 1. The van der Waals surface area contributed by atoms with Crippen molar-refractivity contribution in [3.63, 3.8) is 0 Å². The molecule has 1 aliphatic rings. The first-order valence-electron chi connectivity index (χ1n) is 10.6. The van der Waals surface area contributed by atoms with Crippen LogP contribution in [0.4, 0.5) is 10.6 Å². The zero-order valence-corrected chi connectivity index (χ0v) is 19.0. The molecule has 0 radical (unpaired) electrons. The number of carbonyl (C=O) groups excluding carboxylic acids is 1. The zero-order chi connectivity index (χ0) is 23.2. The number of pyridine rings is 1. The molecule has 1 aromatic heterocycles. The summed E-state index contributed by atoms with van der Waals surface area (Å²) >= 11 is 0. The maximum absolute atomic E-state index is 12.3. The lowest BCUT2D eigenvalue weighted by Gasteiger charge is -2.35. The number of ether oxygens (including phenoxy) is 1. The van der Waals surface area contributed by atoms with E-state index in [4.69, 9.17) is 10.5 Å². The van der Waals surface area contributed by atoms with Gasteiger partial charge in [-0.25, -0.2) is 9.78 Å². The Bertz CT molecular complexity index is 823. The molecule has 2 N–H and O–H groups in total. The fraction of sp³-hybridized carbons (Fsp3) is 0.308. The summed E-state index contributed by atoms with van der Waals surface area (Å²) in [5.74, 6) is 0.507. The van der Waals surface area contributed by atoms with Gasteiger partial charge in [0.1, 0.15) is 11.9 Å². The molecule has 2 unspecified atom stereocenters. The van der Waals surface area contributed by atoms with Gasteiger partial charge in [-0.3, -0.25) is 0 Å². The van der Waals surface area contributed by atoms with Crippen molar-refractivity contribution in [1.82, 2.24) is 9.88 Å². The first kappa shape index (κ1) is 25.7. The Morgan fingerprint density at radius 3 is 2.23 bits per heavy atom. The molecule has 0 aliphatic carbocycles. The molecular weight excluding hydrogens is 386 g/mol. The molecule has 5 heteroatoms. The number of hydrogen-bond acceptors (Lipinski definition) is 4. The summed E-state index contributed by atoms with van der Waals surface area (Å²) in [4.78, 5) is 18.2. The maximum Gasteiger partial charge on any atom is 0.410 e. The minimum atomic E-state index is -0.252. The second-order valence-electron chi connectivity index (χ2n) is 6.75. The van der Waals surface area contributed by atoms with Crippen molar-refractivity contribution in [1.29, 1.82) is 0 Å². The van der Waals surface area contributed by atoms with Gasteiger partial charge in [0, 0.05) is 31.1 Å². The molecule has 1 fully saturated rings. The van der Waals surface area contributed by atoms with E-state index in [1.807, 2.05) is 51.1 Å². The fourth-order valence-corrected chi connectivity index (χ4v) is 3.06. The van der Waals surface area contributed by atoms with Crippen molar-refractivity contribution in [2.75, 3.05) is 12.3 Å². The number of cyclic esters (lactones) is 1. The summed E-state index contributed by atoms with van der Waals surface area (Å²) in [5, 5.41) is 0. The van der Waals surface area contributed by atoms with E-state index >= 15 is 0 Å². The first-order chi connectivity index (χ1) is 15.0. The summed E-state index contributed by atoms with van der Waals surface area (Å²) < 4.78 is 5.48. The smallest absolute Gasteiger partial charge is 0.410 e. The average Bonchev–Trinajstić information content (AvgIpc) is 2.81. The highest BCUT2D eigenvalue weighted by Gasteiger charge is 2.30. The fourth-order valence-electron chi connectivity index (χ4n) is 3.06. The Labute approximate surface area is 186 Å². The van der Waals surface area contributed by atoms with Crippen molar-refractivity contribution in [2.45, 2.75) is 45.8 Å². The minimum absolute atomic E-state index is 0.0317. The molecular formula is C26H35N3O2. The van der Waals surface area contributed by atoms with Crippen molar-refractivity contribution in [3.8, 4) is 11.1 Å². The molecule has 1 aliphatic heterocycles. The lowest BCUT2D eigenvalue weighted by atomic mass is 10.0.